The summed E-state index contributed by atoms with van der Waals surface area (Å²) in [5.74, 6) is 0.426. The van der Waals surface area contributed by atoms with Crippen LogP contribution >= 0.6 is 23.1 Å². The molecule has 132 valence electrons. The van der Waals surface area contributed by atoms with Crippen LogP contribution in [0.3, 0.4) is 0 Å². The lowest BCUT2D eigenvalue weighted by molar-refractivity contribution is -0.143. The number of carbonyl (C=O) groups excluding carboxylic acids is 2. The second kappa shape index (κ2) is 10.7. The van der Waals surface area contributed by atoms with Crippen LogP contribution in [0, 0.1) is 5.82 Å². The number of thioether (sulfide) groups is 1. The van der Waals surface area contributed by atoms with Gasteiger partial charge in [0.25, 0.3) is 5.91 Å². The number of ether oxygens (including phenoxy) is 1. The van der Waals surface area contributed by atoms with E-state index in [4.69, 9.17) is 4.74 Å². The molecular weight excluding hydrogens is 361 g/mol. The van der Waals surface area contributed by atoms with Gasteiger partial charge < -0.3 is 10.1 Å². The van der Waals surface area contributed by atoms with Crippen LogP contribution in [-0.2, 0) is 20.1 Å². The summed E-state index contributed by atoms with van der Waals surface area (Å²) in [6, 6.07) is 9.78. The van der Waals surface area contributed by atoms with Crippen molar-refractivity contribution in [3.05, 3.63) is 64.1 Å². The van der Waals surface area contributed by atoms with Crippen molar-refractivity contribution in [2.75, 3.05) is 18.9 Å². The van der Waals surface area contributed by atoms with Gasteiger partial charge in [0, 0.05) is 29.0 Å². The zero-order chi connectivity index (χ0) is 17.9. The van der Waals surface area contributed by atoms with Crippen LogP contribution in [-0.4, -0.2) is 30.8 Å². The first-order valence-electron chi connectivity index (χ1n) is 7.61. The number of hydrogen-bond acceptors (Lipinski definition) is 5. The van der Waals surface area contributed by atoms with E-state index in [9.17, 15) is 14.0 Å². The lowest BCUT2D eigenvalue weighted by atomic mass is 10.2. The number of carbonyl (C=O) groups is 2. The molecule has 0 radical (unpaired) electrons. The largest absolute Gasteiger partial charge is 0.452 e. The van der Waals surface area contributed by atoms with Crippen LogP contribution in [0.25, 0.3) is 6.08 Å². The molecule has 1 aromatic carbocycles. The maximum absolute atomic E-state index is 12.8. The molecule has 1 N–H and O–H groups in total. The second-order valence-corrected chi connectivity index (χ2v) is 7.11. The van der Waals surface area contributed by atoms with E-state index in [1.807, 2.05) is 11.4 Å². The molecule has 0 atom stereocenters. The van der Waals surface area contributed by atoms with Crippen LogP contribution in [0.15, 0.2) is 47.9 Å². The Morgan fingerprint density at radius 2 is 2.04 bits per heavy atom. The van der Waals surface area contributed by atoms with Gasteiger partial charge in [0.2, 0.25) is 0 Å². The summed E-state index contributed by atoms with van der Waals surface area (Å²) < 4.78 is 17.6. The van der Waals surface area contributed by atoms with Gasteiger partial charge in [0.1, 0.15) is 5.82 Å². The van der Waals surface area contributed by atoms with Gasteiger partial charge in [0.05, 0.1) is 0 Å². The van der Waals surface area contributed by atoms with Crippen molar-refractivity contribution in [3.8, 4) is 0 Å². The molecule has 1 amide bonds. The number of benzene rings is 1. The van der Waals surface area contributed by atoms with Crippen molar-refractivity contribution in [3.63, 3.8) is 0 Å². The van der Waals surface area contributed by atoms with Crippen LogP contribution < -0.4 is 5.32 Å². The first-order chi connectivity index (χ1) is 12.1. The number of nitrogens with one attached hydrogen (secondary N) is 1. The predicted octanol–water partition coefficient (Wildman–Crippen LogP) is 3.49. The molecule has 0 fully saturated rings. The third-order valence-corrected chi connectivity index (χ3v) is 5.09. The number of halogens is 1. The normalized spacial score (nSPS) is 10.8. The minimum absolute atomic E-state index is 0.317. The van der Waals surface area contributed by atoms with Gasteiger partial charge in [-0.15, -0.1) is 11.3 Å². The average Bonchev–Trinajstić information content (AvgIpc) is 3.12. The van der Waals surface area contributed by atoms with Crippen LogP contribution in [0.4, 0.5) is 4.39 Å². The molecular formula is C18H18FNO3S2. The molecule has 1 heterocycles. The van der Waals surface area contributed by atoms with Gasteiger partial charge in [-0.25, -0.2) is 9.18 Å². The summed E-state index contributed by atoms with van der Waals surface area (Å²) in [6.45, 7) is 0.208. The smallest absolute Gasteiger partial charge is 0.331 e. The van der Waals surface area contributed by atoms with E-state index in [0.29, 0.717) is 12.1 Å². The van der Waals surface area contributed by atoms with Crippen molar-refractivity contribution in [2.24, 2.45) is 0 Å². The monoisotopic (exact) mass is 379 g/mol. The molecule has 0 aliphatic heterocycles. The fourth-order valence-corrected chi connectivity index (χ4v) is 3.50. The van der Waals surface area contributed by atoms with Crippen molar-refractivity contribution in [1.29, 1.82) is 0 Å². The summed E-state index contributed by atoms with van der Waals surface area (Å²) in [5.41, 5.74) is 0.672. The Morgan fingerprint density at radius 3 is 2.76 bits per heavy atom. The standard InChI is InChI=1S/C18H18FNO3S2/c19-15-6-3-14(4-7-15)5-8-18(22)23-12-17(21)20-9-11-24-13-16-2-1-10-25-16/h1-8,10H,9,11-13H2,(H,20,21)/b8-5+. The first kappa shape index (κ1) is 19.2. The Hall–Kier alpha value is -2.12. The van der Waals surface area contributed by atoms with Gasteiger partial charge in [0.15, 0.2) is 6.61 Å². The first-order valence-corrected chi connectivity index (χ1v) is 9.64. The van der Waals surface area contributed by atoms with Gasteiger partial charge >= 0.3 is 5.97 Å². The topological polar surface area (TPSA) is 55.4 Å². The average molecular weight is 379 g/mol. The van der Waals surface area contributed by atoms with Crippen molar-refractivity contribution >= 4 is 41.1 Å². The SMILES string of the molecule is O=C(COC(=O)/C=C/c1ccc(F)cc1)NCCSCc1cccs1. The molecule has 0 aliphatic rings. The highest BCUT2D eigenvalue weighted by Gasteiger charge is 2.04. The van der Waals surface area contributed by atoms with Crippen LogP contribution in [0.5, 0.6) is 0 Å². The zero-order valence-corrected chi connectivity index (χ0v) is 15.1. The highest BCUT2D eigenvalue weighted by atomic mass is 32.2. The number of rotatable bonds is 9. The number of thiophene rings is 1. The minimum atomic E-state index is -0.619. The predicted molar refractivity (Wildman–Crippen MR) is 99.9 cm³/mol. The van der Waals surface area contributed by atoms with E-state index in [1.165, 1.54) is 29.2 Å². The third-order valence-electron chi connectivity index (χ3n) is 3.02. The Balaban J connectivity index is 1.56. The van der Waals surface area contributed by atoms with Gasteiger partial charge in [-0.05, 0) is 35.2 Å². The Morgan fingerprint density at radius 1 is 1.24 bits per heavy atom. The quantitative estimate of drug-likeness (QED) is 0.412. The lowest BCUT2D eigenvalue weighted by Crippen LogP contribution is -2.30. The molecule has 0 saturated carbocycles. The molecule has 0 saturated heterocycles. The minimum Gasteiger partial charge on any atom is -0.452 e. The van der Waals surface area contributed by atoms with Crippen molar-refractivity contribution < 1.29 is 18.7 Å². The highest BCUT2D eigenvalue weighted by Crippen LogP contribution is 2.16. The Kier molecular flexibility index (Phi) is 8.21. The molecule has 0 spiro atoms. The van der Waals surface area contributed by atoms with E-state index < -0.39 is 5.97 Å². The summed E-state index contributed by atoms with van der Waals surface area (Å²) in [7, 11) is 0. The molecule has 7 heteroatoms. The highest BCUT2D eigenvalue weighted by molar-refractivity contribution is 7.98. The summed E-state index contributed by atoms with van der Waals surface area (Å²) >= 11 is 3.45. The fourth-order valence-electron chi connectivity index (χ4n) is 1.80. The lowest BCUT2D eigenvalue weighted by Gasteiger charge is -2.05. The van der Waals surface area contributed by atoms with Gasteiger partial charge in [-0.3, -0.25) is 4.79 Å². The van der Waals surface area contributed by atoms with Crippen molar-refractivity contribution in [1.82, 2.24) is 5.32 Å². The molecule has 2 aromatic rings. The van der Waals surface area contributed by atoms with Crippen LogP contribution in [0.1, 0.15) is 10.4 Å². The van der Waals surface area contributed by atoms with E-state index in [2.05, 4.69) is 11.4 Å². The third kappa shape index (κ3) is 8.00. The van der Waals surface area contributed by atoms with E-state index >= 15 is 0 Å². The Bertz CT molecular complexity index is 700. The molecule has 25 heavy (non-hydrogen) atoms. The number of esters is 1. The maximum Gasteiger partial charge on any atom is 0.331 e. The summed E-state index contributed by atoms with van der Waals surface area (Å²) in [4.78, 5) is 24.4. The van der Waals surface area contributed by atoms with E-state index in [0.717, 1.165) is 11.5 Å². The van der Waals surface area contributed by atoms with Gasteiger partial charge in [-0.2, -0.15) is 11.8 Å². The molecule has 1 aromatic heterocycles. The molecule has 0 aliphatic carbocycles. The van der Waals surface area contributed by atoms with Crippen LogP contribution in [0.2, 0.25) is 0 Å². The molecule has 0 bridgehead atoms. The molecule has 0 unspecified atom stereocenters. The zero-order valence-electron chi connectivity index (χ0n) is 13.4. The maximum atomic E-state index is 12.8. The Labute approximate surface area is 154 Å². The molecule has 4 nitrogen and oxygen atoms in total. The second-order valence-electron chi connectivity index (χ2n) is 4.97. The summed E-state index contributed by atoms with van der Waals surface area (Å²) in [5, 5.41) is 4.74. The number of hydrogen-bond donors (Lipinski definition) is 1. The van der Waals surface area contributed by atoms with Crippen molar-refractivity contribution in [2.45, 2.75) is 5.75 Å². The van der Waals surface area contributed by atoms with E-state index in [-0.39, 0.29) is 18.3 Å². The fraction of sp³-hybridized carbons (Fsp3) is 0.222. The molecule has 2 rings (SSSR count). The van der Waals surface area contributed by atoms with E-state index in [1.54, 1.807) is 35.2 Å². The van der Waals surface area contributed by atoms with Gasteiger partial charge in [-0.1, -0.05) is 18.2 Å². The summed E-state index contributed by atoms with van der Waals surface area (Å²) in [6.07, 6.45) is 2.71. The number of amides is 1.